The van der Waals surface area contributed by atoms with Crippen molar-refractivity contribution < 1.29 is 23.4 Å². The van der Waals surface area contributed by atoms with E-state index in [0.717, 1.165) is 0 Å². The molecule has 110 valence electrons. The molecule has 6 nitrogen and oxygen atoms in total. The zero-order chi connectivity index (χ0) is 14.9. The SMILES string of the molecule is O=C(O)c1ccc(S(=O)(=O)N2CCC[C@H](O)C2)c(Br)c1. The summed E-state index contributed by atoms with van der Waals surface area (Å²) in [5, 5.41) is 18.5. The summed E-state index contributed by atoms with van der Waals surface area (Å²) in [5.41, 5.74) is 0.00880. The van der Waals surface area contributed by atoms with E-state index in [-0.39, 0.29) is 21.5 Å². The van der Waals surface area contributed by atoms with E-state index in [2.05, 4.69) is 15.9 Å². The van der Waals surface area contributed by atoms with E-state index in [9.17, 15) is 18.3 Å². The fourth-order valence-corrected chi connectivity index (χ4v) is 4.68. The fraction of sp³-hybridized carbons (Fsp3) is 0.417. The average molecular weight is 364 g/mol. The molecule has 0 aliphatic carbocycles. The molecular weight excluding hydrogens is 350 g/mol. The van der Waals surface area contributed by atoms with E-state index in [1.165, 1.54) is 22.5 Å². The Bertz CT molecular complexity index is 631. The summed E-state index contributed by atoms with van der Waals surface area (Å²) < 4.78 is 26.4. The molecule has 0 radical (unpaired) electrons. The second-order valence-corrected chi connectivity index (χ2v) is 7.37. The van der Waals surface area contributed by atoms with Gasteiger partial charge < -0.3 is 10.2 Å². The van der Waals surface area contributed by atoms with Crippen LogP contribution in [0.5, 0.6) is 0 Å². The van der Waals surface area contributed by atoms with E-state index < -0.39 is 22.1 Å². The average Bonchev–Trinajstić information content (AvgIpc) is 2.38. The molecule has 0 amide bonds. The standard InChI is InChI=1S/C12H14BrNO5S/c13-10-6-8(12(16)17)3-4-11(10)20(18,19)14-5-1-2-9(15)7-14/h3-4,6,9,15H,1-2,5,7H2,(H,16,17)/t9-/m0/s1. The number of hydrogen-bond acceptors (Lipinski definition) is 4. The molecule has 1 aromatic rings. The van der Waals surface area contributed by atoms with Crippen LogP contribution in [0.3, 0.4) is 0 Å². The predicted octanol–water partition coefficient (Wildman–Crippen LogP) is 1.29. The van der Waals surface area contributed by atoms with Gasteiger partial charge in [-0.3, -0.25) is 0 Å². The first-order valence-corrected chi connectivity index (χ1v) is 8.26. The Balaban J connectivity index is 2.36. The van der Waals surface area contributed by atoms with E-state index in [0.29, 0.717) is 19.4 Å². The first-order chi connectivity index (χ1) is 9.32. The Morgan fingerprint density at radius 3 is 2.65 bits per heavy atom. The molecule has 2 N–H and O–H groups in total. The largest absolute Gasteiger partial charge is 0.478 e. The van der Waals surface area contributed by atoms with Gasteiger partial charge in [0.25, 0.3) is 0 Å². The fourth-order valence-electron chi connectivity index (χ4n) is 2.12. The van der Waals surface area contributed by atoms with Crippen LogP contribution in [0.2, 0.25) is 0 Å². The van der Waals surface area contributed by atoms with Gasteiger partial charge in [0, 0.05) is 17.6 Å². The number of aliphatic hydroxyl groups is 1. The van der Waals surface area contributed by atoms with Crippen LogP contribution in [0, 0.1) is 0 Å². The third-order valence-electron chi connectivity index (χ3n) is 3.16. The molecule has 0 spiro atoms. The van der Waals surface area contributed by atoms with Gasteiger partial charge in [-0.2, -0.15) is 4.31 Å². The molecule has 20 heavy (non-hydrogen) atoms. The van der Waals surface area contributed by atoms with Crippen molar-refractivity contribution >= 4 is 31.9 Å². The Morgan fingerprint density at radius 1 is 1.40 bits per heavy atom. The van der Waals surface area contributed by atoms with Crippen LogP contribution in [-0.4, -0.2) is 48.1 Å². The molecule has 0 aromatic heterocycles. The maximum Gasteiger partial charge on any atom is 0.335 e. The summed E-state index contributed by atoms with van der Waals surface area (Å²) in [4.78, 5) is 10.9. The third-order valence-corrected chi connectivity index (χ3v) is 6.00. The molecule has 1 fully saturated rings. The summed E-state index contributed by atoms with van der Waals surface area (Å²) in [6, 6.07) is 3.78. The second kappa shape index (κ2) is 5.80. The summed E-state index contributed by atoms with van der Waals surface area (Å²) in [5.74, 6) is -1.12. The number of carboxylic acids is 1. The molecule has 1 aliphatic rings. The minimum Gasteiger partial charge on any atom is -0.478 e. The molecule has 1 aromatic carbocycles. The number of benzene rings is 1. The molecule has 2 rings (SSSR count). The van der Waals surface area contributed by atoms with Gasteiger partial charge in [0.1, 0.15) is 0 Å². The van der Waals surface area contributed by atoms with E-state index in [1.807, 2.05) is 0 Å². The first kappa shape index (κ1) is 15.4. The Hall–Kier alpha value is -0.960. The molecule has 1 atom stereocenters. The van der Waals surface area contributed by atoms with Crippen molar-refractivity contribution in [3.8, 4) is 0 Å². The number of carboxylic acid groups (broad SMARTS) is 1. The lowest BCUT2D eigenvalue weighted by molar-refractivity contribution is 0.0696. The highest BCUT2D eigenvalue weighted by molar-refractivity contribution is 9.10. The van der Waals surface area contributed by atoms with Crippen molar-refractivity contribution in [3.05, 3.63) is 28.2 Å². The van der Waals surface area contributed by atoms with Crippen molar-refractivity contribution in [1.82, 2.24) is 4.31 Å². The predicted molar refractivity (Wildman–Crippen MR) is 75.1 cm³/mol. The van der Waals surface area contributed by atoms with E-state index in [1.54, 1.807) is 0 Å². The monoisotopic (exact) mass is 363 g/mol. The number of nitrogens with zero attached hydrogens (tertiary/aromatic N) is 1. The van der Waals surface area contributed by atoms with Gasteiger partial charge in [0.05, 0.1) is 16.6 Å². The molecule has 1 saturated heterocycles. The number of piperidine rings is 1. The Labute approximate surface area is 125 Å². The van der Waals surface area contributed by atoms with Gasteiger partial charge in [-0.1, -0.05) is 0 Å². The number of sulfonamides is 1. The molecule has 0 bridgehead atoms. The number of rotatable bonds is 3. The number of aliphatic hydroxyl groups excluding tert-OH is 1. The summed E-state index contributed by atoms with van der Waals surface area (Å²) in [7, 11) is -3.73. The van der Waals surface area contributed by atoms with Crippen LogP contribution in [-0.2, 0) is 10.0 Å². The lowest BCUT2D eigenvalue weighted by Crippen LogP contribution is -2.42. The zero-order valence-electron chi connectivity index (χ0n) is 10.5. The second-order valence-electron chi connectivity index (χ2n) is 4.61. The van der Waals surface area contributed by atoms with Crippen molar-refractivity contribution in [3.63, 3.8) is 0 Å². The quantitative estimate of drug-likeness (QED) is 0.843. The van der Waals surface area contributed by atoms with Crippen LogP contribution in [0.15, 0.2) is 27.6 Å². The highest BCUT2D eigenvalue weighted by Crippen LogP contribution is 2.28. The Kier molecular flexibility index (Phi) is 4.48. The maximum absolute atomic E-state index is 12.5. The maximum atomic E-state index is 12.5. The van der Waals surface area contributed by atoms with E-state index in [4.69, 9.17) is 5.11 Å². The first-order valence-electron chi connectivity index (χ1n) is 6.03. The van der Waals surface area contributed by atoms with Crippen LogP contribution in [0.4, 0.5) is 0 Å². The zero-order valence-corrected chi connectivity index (χ0v) is 12.9. The smallest absolute Gasteiger partial charge is 0.335 e. The molecule has 1 aliphatic heterocycles. The van der Waals surface area contributed by atoms with Gasteiger partial charge >= 0.3 is 5.97 Å². The number of aromatic carboxylic acids is 1. The minimum absolute atomic E-state index is 0.00880. The number of β-amino-alcohol motifs (C(OH)–C–C–N with tert-alkyl or cyclic N) is 1. The Morgan fingerprint density at radius 2 is 2.10 bits per heavy atom. The molecule has 1 heterocycles. The summed E-state index contributed by atoms with van der Waals surface area (Å²) in [6.07, 6.45) is 0.534. The molecule has 0 unspecified atom stereocenters. The van der Waals surface area contributed by atoms with Crippen LogP contribution >= 0.6 is 15.9 Å². The van der Waals surface area contributed by atoms with Crippen molar-refractivity contribution in [2.24, 2.45) is 0 Å². The highest BCUT2D eigenvalue weighted by Gasteiger charge is 2.31. The van der Waals surface area contributed by atoms with Crippen LogP contribution in [0.1, 0.15) is 23.2 Å². The van der Waals surface area contributed by atoms with Gasteiger partial charge in [-0.25, -0.2) is 13.2 Å². The number of hydrogen-bond donors (Lipinski definition) is 2. The van der Waals surface area contributed by atoms with Crippen molar-refractivity contribution in [1.29, 1.82) is 0 Å². The van der Waals surface area contributed by atoms with Gasteiger partial charge in [-0.15, -0.1) is 0 Å². The van der Waals surface area contributed by atoms with Gasteiger partial charge in [-0.05, 0) is 47.0 Å². The van der Waals surface area contributed by atoms with Gasteiger partial charge in [0.15, 0.2) is 0 Å². The minimum atomic E-state index is -3.73. The summed E-state index contributed by atoms with van der Waals surface area (Å²) >= 11 is 3.10. The van der Waals surface area contributed by atoms with E-state index >= 15 is 0 Å². The third kappa shape index (κ3) is 3.03. The van der Waals surface area contributed by atoms with Crippen molar-refractivity contribution in [2.75, 3.05) is 13.1 Å². The molecular formula is C12H14BrNO5S. The lowest BCUT2D eigenvalue weighted by Gasteiger charge is -2.29. The van der Waals surface area contributed by atoms with Gasteiger partial charge in [0.2, 0.25) is 10.0 Å². The topological polar surface area (TPSA) is 94.9 Å². The lowest BCUT2D eigenvalue weighted by atomic mass is 10.1. The molecule has 0 saturated carbocycles. The highest BCUT2D eigenvalue weighted by atomic mass is 79.9. The number of halogens is 1. The number of carbonyl (C=O) groups is 1. The van der Waals surface area contributed by atoms with Crippen molar-refractivity contribution in [2.45, 2.75) is 23.8 Å². The normalized spacial score (nSPS) is 20.8. The molecule has 8 heteroatoms. The van der Waals surface area contributed by atoms with Crippen LogP contribution in [0.25, 0.3) is 0 Å². The van der Waals surface area contributed by atoms with Crippen LogP contribution < -0.4 is 0 Å². The summed E-state index contributed by atoms with van der Waals surface area (Å²) in [6.45, 7) is 0.419.